The summed E-state index contributed by atoms with van der Waals surface area (Å²) in [6.45, 7) is 4.52. The quantitative estimate of drug-likeness (QED) is 0.368. The molecule has 0 aliphatic carbocycles. The minimum absolute atomic E-state index is 0.0838. The van der Waals surface area contributed by atoms with Crippen LogP contribution in [0.1, 0.15) is 13.3 Å². The number of ketones is 2. The van der Waals surface area contributed by atoms with Crippen molar-refractivity contribution in [3.05, 3.63) is 12.7 Å². The number of aliphatic carboxylic acids is 1. The largest absolute Gasteiger partial charge is 0.475 e. The number of hydrogen-bond donors (Lipinski definition) is 1. The normalized spacial score (nSPS) is 11.8. The fourth-order valence-corrected chi connectivity index (χ4v) is 0.773. The average molecular weight is 170 g/mol. The smallest absolute Gasteiger partial charge is 0.372 e. The second-order valence-electron chi connectivity index (χ2n) is 2.36. The molecule has 0 saturated carbocycles. The van der Waals surface area contributed by atoms with E-state index in [1.807, 2.05) is 0 Å². The summed E-state index contributed by atoms with van der Waals surface area (Å²) in [6, 6.07) is 0. The van der Waals surface area contributed by atoms with Gasteiger partial charge in [0.2, 0.25) is 0 Å². The van der Waals surface area contributed by atoms with Crippen LogP contribution in [0.2, 0.25) is 0 Å². The molecule has 0 aliphatic rings. The van der Waals surface area contributed by atoms with E-state index >= 15 is 0 Å². The molecule has 0 heterocycles. The molecule has 0 radical (unpaired) electrons. The number of Topliss-reactive ketones (excluding diaryl/α,β-unsaturated/α-hetero) is 2. The lowest BCUT2D eigenvalue weighted by molar-refractivity contribution is -0.152. The number of carbonyl (C=O) groups excluding carboxylic acids is 2. The van der Waals surface area contributed by atoms with E-state index in [1.165, 1.54) is 13.0 Å². The zero-order valence-electron chi connectivity index (χ0n) is 6.74. The third-order valence-electron chi connectivity index (χ3n) is 1.42. The van der Waals surface area contributed by atoms with Gasteiger partial charge in [-0.3, -0.25) is 9.59 Å². The molecule has 0 rings (SSSR count). The maximum absolute atomic E-state index is 10.8. The van der Waals surface area contributed by atoms with E-state index in [1.54, 1.807) is 0 Å². The van der Waals surface area contributed by atoms with Gasteiger partial charge in [0.15, 0.2) is 0 Å². The van der Waals surface area contributed by atoms with Crippen molar-refractivity contribution in [3.8, 4) is 0 Å². The molecule has 4 nitrogen and oxygen atoms in total. The van der Waals surface area contributed by atoms with E-state index in [0.717, 1.165) is 0 Å². The molecular weight excluding hydrogens is 160 g/mol. The van der Waals surface area contributed by atoms with E-state index in [2.05, 4.69) is 6.58 Å². The van der Waals surface area contributed by atoms with Crippen LogP contribution in [0.25, 0.3) is 0 Å². The monoisotopic (exact) mass is 170 g/mol. The van der Waals surface area contributed by atoms with Crippen molar-refractivity contribution >= 4 is 17.5 Å². The molecule has 0 bridgehead atoms. The van der Waals surface area contributed by atoms with Crippen molar-refractivity contribution in [2.45, 2.75) is 13.3 Å². The summed E-state index contributed by atoms with van der Waals surface area (Å²) in [5.74, 6) is -4.15. The van der Waals surface area contributed by atoms with Crippen LogP contribution in [0.5, 0.6) is 0 Å². The minimum atomic E-state index is -1.57. The molecule has 4 heteroatoms. The standard InChI is InChI=1S/C8H10O4/c1-3-4-6(5(2)9)7(10)8(11)12/h3,6H,1,4H2,2H3,(H,11,12). The SMILES string of the molecule is C=CCC(C(C)=O)C(=O)C(=O)O. The Balaban J connectivity index is 4.50. The third kappa shape index (κ3) is 2.65. The first-order valence-corrected chi connectivity index (χ1v) is 3.39. The van der Waals surface area contributed by atoms with Gasteiger partial charge in [0.05, 0.1) is 5.92 Å². The van der Waals surface area contributed by atoms with Crippen LogP contribution in [0.15, 0.2) is 12.7 Å². The zero-order chi connectivity index (χ0) is 9.72. The Morgan fingerprint density at radius 3 is 2.25 bits per heavy atom. The molecule has 0 aliphatic heterocycles. The highest BCUT2D eigenvalue weighted by Gasteiger charge is 2.27. The van der Waals surface area contributed by atoms with Crippen molar-refractivity contribution in [3.63, 3.8) is 0 Å². The molecule has 1 N–H and O–H groups in total. The van der Waals surface area contributed by atoms with Crippen molar-refractivity contribution in [2.75, 3.05) is 0 Å². The van der Waals surface area contributed by atoms with E-state index in [9.17, 15) is 14.4 Å². The maximum atomic E-state index is 10.8. The highest BCUT2D eigenvalue weighted by molar-refractivity contribution is 6.37. The fraction of sp³-hybridized carbons (Fsp3) is 0.375. The highest BCUT2D eigenvalue weighted by Crippen LogP contribution is 2.06. The number of hydrogen-bond acceptors (Lipinski definition) is 3. The van der Waals surface area contributed by atoms with E-state index in [-0.39, 0.29) is 6.42 Å². The van der Waals surface area contributed by atoms with Crippen LogP contribution >= 0.6 is 0 Å². The first kappa shape index (κ1) is 10.6. The molecule has 66 valence electrons. The van der Waals surface area contributed by atoms with Crippen LogP contribution in [-0.4, -0.2) is 22.6 Å². The Labute approximate surface area is 69.9 Å². The van der Waals surface area contributed by atoms with Crippen LogP contribution in [0, 0.1) is 5.92 Å². The Kier molecular flexibility index (Phi) is 3.90. The van der Waals surface area contributed by atoms with Gasteiger partial charge in [-0.2, -0.15) is 0 Å². The molecule has 0 fully saturated rings. The minimum Gasteiger partial charge on any atom is -0.475 e. The van der Waals surface area contributed by atoms with Gasteiger partial charge in [-0.05, 0) is 13.3 Å². The molecule has 0 spiro atoms. The van der Waals surface area contributed by atoms with Gasteiger partial charge in [-0.25, -0.2) is 4.79 Å². The Morgan fingerprint density at radius 1 is 1.50 bits per heavy atom. The molecule has 0 aromatic carbocycles. The van der Waals surface area contributed by atoms with Crippen LogP contribution in [0.3, 0.4) is 0 Å². The Morgan fingerprint density at radius 2 is 2.00 bits per heavy atom. The molecule has 0 amide bonds. The molecule has 0 aromatic heterocycles. The predicted molar refractivity (Wildman–Crippen MR) is 41.6 cm³/mol. The second-order valence-corrected chi connectivity index (χ2v) is 2.36. The maximum Gasteiger partial charge on any atom is 0.372 e. The van der Waals surface area contributed by atoms with Crippen molar-refractivity contribution in [1.29, 1.82) is 0 Å². The van der Waals surface area contributed by atoms with Gasteiger partial charge in [-0.1, -0.05) is 6.08 Å². The lowest BCUT2D eigenvalue weighted by atomic mass is 9.96. The number of carbonyl (C=O) groups is 3. The van der Waals surface area contributed by atoms with Crippen molar-refractivity contribution in [2.24, 2.45) is 5.92 Å². The van der Waals surface area contributed by atoms with Gasteiger partial charge < -0.3 is 5.11 Å². The molecule has 1 atom stereocenters. The van der Waals surface area contributed by atoms with Crippen molar-refractivity contribution < 1.29 is 19.5 Å². The summed E-state index contributed by atoms with van der Waals surface area (Å²) in [5.41, 5.74) is 0. The van der Waals surface area contributed by atoms with Gasteiger partial charge in [0.25, 0.3) is 5.78 Å². The van der Waals surface area contributed by atoms with E-state index in [0.29, 0.717) is 0 Å². The van der Waals surface area contributed by atoms with Gasteiger partial charge in [0, 0.05) is 0 Å². The van der Waals surface area contributed by atoms with E-state index < -0.39 is 23.5 Å². The molecular formula is C8H10O4. The lowest BCUT2D eigenvalue weighted by Crippen LogP contribution is -2.28. The van der Waals surface area contributed by atoms with Gasteiger partial charge in [0.1, 0.15) is 5.78 Å². The summed E-state index contributed by atoms with van der Waals surface area (Å²) >= 11 is 0. The topological polar surface area (TPSA) is 71.4 Å². The second kappa shape index (κ2) is 4.43. The van der Waals surface area contributed by atoms with Crippen LogP contribution in [0.4, 0.5) is 0 Å². The molecule has 0 aromatic rings. The third-order valence-corrected chi connectivity index (χ3v) is 1.42. The number of rotatable bonds is 5. The molecule has 0 saturated heterocycles. The number of carboxylic acids is 1. The average Bonchev–Trinajstić information content (AvgIpc) is 1.98. The first-order chi connectivity index (χ1) is 5.50. The molecule has 1 unspecified atom stereocenters. The summed E-state index contributed by atoms with van der Waals surface area (Å²) in [7, 11) is 0. The summed E-state index contributed by atoms with van der Waals surface area (Å²) in [4.78, 5) is 31.7. The van der Waals surface area contributed by atoms with Crippen LogP contribution < -0.4 is 0 Å². The summed E-state index contributed by atoms with van der Waals surface area (Å²) in [5, 5.41) is 8.29. The number of carboxylic acid groups (broad SMARTS) is 1. The first-order valence-electron chi connectivity index (χ1n) is 3.39. The van der Waals surface area contributed by atoms with E-state index in [4.69, 9.17) is 5.11 Å². The number of allylic oxidation sites excluding steroid dienone is 1. The van der Waals surface area contributed by atoms with Crippen molar-refractivity contribution in [1.82, 2.24) is 0 Å². The predicted octanol–water partition coefficient (Wildman–Crippen LogP) is 0.421. The van der Waals surface area contributed by atoms with Crippen LogP contribution in [-0.2, 0) is 14.4 Å². The van der Waals surface area contributed by atoms with Gasteiger partial charge >= 0.3 is 5.97 Å². The zero-order valence-corrected chi connectivity index (χ0v) is 6.74. The fourth-order valence-electron chi connectivity index (χ4n) is 0.773. The summed E-state index contributed by atoms with van der Waals surface area (Å²) in [6.07, 6.45) is 1.44. The molecule has 12 heavy (non-hydrogen) atoms. The van der Waals surface area contributed by atoms with Gasteiger partial charge in [-0.15, -0.1) is 6.58 Å². The Bertz CT molecular complexity index is 229. The Hall–Kier alpha value is -1.45. The highest BCUT2D eigenvalue weighted by atomic mass is 16.4. The summed E-state index contributed by atoms with van der Waals surface area (Å²) < 4.78 is 0. The lowest BCUT2D eigenvalue weighted by Gasteiger charge is -2.05.